The smallest absolute Gasteiger partial charge is 0.135 e. The van der Waals surface area contributed by atoms with Gasteiger partial charge in [-0.2, -0.15) is 0 Å². The monoisotopic (exact) mass is 271 g/mol. The number of hydrogen-bond donors (Lipinski definition) is 0. The van der Waals surface area contributed by atoms with E-state index in [2.05, 4.69) is 11.8 Å². The van der Waals surface area contributed by atoms with Crippen LogP contribution in [0.4, 0.5) is 0 Å². The molecule has 0 saturated carbocycles. The first kappa shape index (κ1) is 16.6. The van der Waals surface area contributed by atoms with Gasteiger partial charge in [0.05, 0.1) is 6.10 Å². The maximum Gasteiger partial charge on any atom is 0.135 e. The van der Waals surface area contributed by atoms with Crippen molar-refractivity contribution in [3.63, 3.8) is 0 Å². The molecule has 1 aliphatic rings. The van der Waals surface area contributed by atoms with Crippen LogP contribution in [-0.4, -0.2) is 56.2 Å². The van der Waals surface area contributed by atoms with Crippen molar-refractivity contribution in [3.8, 4) is 0 Å². The normalized spacial score (nSPS) is 18.3. The Kier molecular flexibility index (Phi) is 8.26. The van der Waals surface area contributed by atoms with Crippen LogP contribution in [0.5, 0.6) is 0 Å². The van der Waals surface area contributed by atoms with Gasteiger partial charge in [0.15, 0.2) is 0 Å². The zero-order valence-electron chi connectivity index (χ0n) is 12.7. The van der Waals surface area contributed by atoms with Crippen molar-refractivity contribution >= 4 is 5.78 Å². The van der Waals surface area contributed by atoms with E-state index in [0.29, 0.717) is 24.9 Å². The summed E-state index contributed by atoms with van der Waals surface area (Å²) in [5.74, 6) is 0.466. The van der Waals surface area contributed by atoms with Gasteiger partial charge in [0, 0.05) is 45.2 Å². The minimum Gasteiger partial charge on any atom is -0.381 e. The highest BCUT2D eigenvalue weighted by Gasteiger charge is 2.25. The van der Waals surface area contributed by atoms with Gasteiger partial charge in [0.2, 0.25) is 0 Å². The molecular formula is C15H29NO3. The lowest BCUT2D eigenvalue weighted by molar-refractivity contribution is -0.122. The third kappa shape index (κ3) is 6.50. The third-order valence-corrected chi connectivity index (χ3v) is 3.75. The van der Waals surface area contributed by atoms with Gasteiger partial charge in [-0.15, -0.1) is 0 Å². The van der Waals surface area contributed by atoms with Crippen molar-refractivity contribution in [2.24, 2.45) is 5.92 Å². The van der Waals surface area contributed by atoms with Gasteiger partial charge in [0.1, 0.15) is 5.78 Å². The third-order valence-electron chi connectivity index (χ3n) is 3.75. The molecule has 112 valence electrons. The molecule has 1 saturated heterocycles. The molecule has 0 N–H and O–H groups in total. The van der Waals surface area contributed by atoms with E-state index in [0.717, 1.165) is 45.7 Å². The van der Waals surface area contributed by atoms with Crippen molar-refractivity contribution in [3.05, 3.63) is 0 Å². The minimum atomic E-state index is 0.135. The van der Waals surface area contributed by atoms with Crippen LogP contribution < -0.4 is 0 Å². The van der Waals surface area contributed by atoms with Crippen molar-refractivity contribution in [1.29, 1.82) is 0 Å². The summed E-state index contributed by atoms with van der Waals surface area (Å²) in [6, 6.07) is 0. The second-order valence-electron chi connectivity index (χ2n) is 5.32. The fourth-order valence-corrected chi connectivity index (χ4v) is 2.17. The van der Waals surface area contributed by atoms with Crippen LogP contribution in [0.1, 0.15) is 40.0 Å². The Morgan fingerprint density at radius 1 is 1.26 bits per heavy atom. The predicted molar refractivity (Wildman–Crippen MR) is 76.4 cm³/mol. The summed E-state index contributed by atoms with van der Waals surface area (Å²) in [4.78, 5) is 13.7. The fraction of sp³-hybridized carbons (Fsp3) is 0.933. The van der Waals surface area contributed by atoms with Gasteiger partial charge < -0.3 is 9.47 Å². The number of likely N-dealkylation sites (tertiary alicyclic amines) is 1. The average Bonchev–Trinajstić information content (AvgIpc) is 2.38. The molecule has 0 aliphatic carbocycles. The van der Waals surface area contributed by atoms with Crippen molar-refractivity contribution in [1.82, 2.24) is 4.90 Å². The molecule has 1 rings (SSSR count). The summed E-state index contributed by atoms with van der Waals surface area (Å²) in [5, 5.41) is 0. The Morgan fingerprint density at radius 2 is 2.00 bits per heavy atom. The Balaban J connectivity index is 1.83. The first-order valence-corrected chi connectivity index (χ1v) is 7.61. The molecular weight excluding hydrogens is 242 g/mol. The number of carbonyl (C=O) groups is 1. The van der Waals surface area contributed by atoms with Gasteiger partial charge in [-0.1, -0.05) is 20.8 Å². The quantitative estimate of drug-likeness (QED) is 0.540. The predicted octanol–water partition coefficient (Wildman–Crippen LogP) is 2.12. The zero-order chi connectivity index (χ0) is 14.1. The van der Waals surface area contributed by atoms with Crippen molar-refractivity contribution < 1.29 is 14.3 Å². The van der Waals surface area contributed by atoms with Crippen LogP contribution in [0.25, 0.3) is 0 Å². The summed E-state index contributed by atoms with van der Waals surface area (Å²) in [5.41, 5.74) is 0. The summed E-state index contributed by atoms with van der Waals surface area (Å²) in [7, 11) is 0. The highest BCUT2D eigenvalue weighted by Crippen LogP contribution is 2.11. The number of rotatable bonds is 11. The Morgan fingerprint density at radius 3 is 2.63 bits per heavy atom. The molecule has 0 spiro atoms. The molecule has 0 bridgehead atoms. The molecule has 19 heavy (non-hydrogen) atoms. The highest BCUT2D eigenvalue weighted by atomic mass is 16.5. The second kappa shape index (κ2) is 9.45. The van der Waals surface area contributed by atoms with Crippen molar-refractivity contribution in [2.75, 3.05) is 39.5 Å². The lowest BCUT2D eigenvalue weighted by Crippen LogP contribution is -2.51. The molecule has 0 radical (unpaired) electrons. The van der Waals surface area contributed by atoms with Gasteiger partial charge in [0.25, 0.3) is 0 Å². The number of hydrogen-bond acceptors (Lipinski definition) is 4. The average molecular weight is 271 g/mol. The molecule has 0 aromatic carbocycles. The lowest BCUT2D eigenvalue weighted by atomic mass is 10.0. The van der Waals surface area contributed by atoms with Crippen LogP contribution in [-0.2, 0) is 14.3 Å². The minimum absolute atomic E-state index is 0.135. The molecule has 0 amide bonds. The van der Waals surface area contributed by atoms with E-state index in [1.54, 1.807) is 0 Å². The van der Waals surface area contributed by atoms with E-state index in [9.17, 15) is 4.79 Å². The number of nitrogens with zero attached hydrogens (tertiary/aromatic N) is 1. The van der Waals surface area contributed by atoms with Crippen molar-refractivity contribution in [2.45, 2.75) is 46.1 Å². The van der Waals surface area contributed by atoms with E-state index >= 15 is 0 Å². The van der Waals surface area contributed by atoms with Crippen LogP contribution >= 0.6 is 0 Å². The summed E-state index contributed by atoms with van der Waals surface area (Å²) in [6.07, 6.45) is 2.84. The van der Waals surface area contributed by atoms with Gasteiger partial charge >= 0.3 is 0 Å². The topological polar surface area (TPSA) is 38.8 Å². The number of carbonyl (C=O) groups excluding carboxylic acids is 1. The van der Waals surface area contributed by atoms with Crippen LogP contribution in [0.3, 0.4) is 0 Å². The maximum atomic E-state index is 11.4. The first-order chi connectivity index (χ1) is 9.17. The van der Waals surface area contributed by atoms with Crippen LogP contribution in [0.2, 0.25) is 0 Å². The van der Waals surface area contributed by atoms with E-state index in [-0.39, 0.29) is 5.92 Å². The molecule has 0 aromatic rings. The Hall–Kier alpha value is -0.450. The molecule has 1 fully saturated rings. The number of ketones is 1. The maximum absolute atomic E-state index is 11.4. The second-order valence-corrected chi connectivity index (χ2v) is 5.32. The summed E-state index contributed by atoms with van der Waals surface area (Å²) < 4.78 is 11.2. The van der Waals surface area contributed by atoms with E-state index in [4.69, 9.17) is 9.47 Å². The van der Waals surface area contributed by atoms with E-state index < -0.39 is 0 Å². The molecule has 0 aromatic heterocycles. The molecule has 4 nitrogen and oxygen atoms in total. The molecule has 1 aliphatic heterocycles. The number of Topliss-reactive ketones (excluding diaryl/α,β-unsaturated/α-hetero) is 1. The summed E-state index contributed by atoms with van der Waals surface area (Å²) >= 11 is 0. The molecule has 1 atom stereocenters. The van der Waals surface area contributed by atoms with E-state index in [1.165, 1.54) is 0 Å². The standard InChI is InChI=1S/C15H29NO3/c1-4-15(17)13(3)7-10-18-8-6-9-19-14-11-16(5-2)12-14/h13-14H,4-12H2,1-3H3. The fourth-order valence-electron chi connectivity index (χ4n) is 2.17. The SMILES string of the molecule is CCC(=O)C(C)CCOCCCOC1CN(CC)C1. The summed E-state index contributed by atoms with van der Waals surface area (Å²) in [6.45, 7) is 11.5. The van der Waals surface area contributed by atoms with Crippen LogP contribution in [0.15, 0.2) is 0 Å². The van der Waals surface area contributed by atoms with Gasteiger partial charge in [-0.05, 0) is 19.4 Å². The zero-order valence-corrected chi connectivity index (χ0v) is 12.7. The highest BCUT2D eigenvalue weighted by molar-refractivity contribution is 5.80. The Labute approximate surface area is 117 Å². The van der Waals surface area contributed by atoms with Crippen LogP contribution in [0, 0.1) is 5.92 Å². The molecule has 1 heterocycles. The van der Waals surface area contributed by atoms with Gasteiger partial charge in [-0.3, -0.25) is 9.69 Å². The Bertz CT molecular complexity index is 252. The largest absolute Gasteiger partial charge is 0.381 e. The van der Waals surface area contributed by atoms with E-state index in [1.807, 2.05) is 13.8 Å². The number of ether oxygens (including phenoxy) is 2. The lowest BCUT2D eigenvalue weighted by Gasteiger charge is -2.38. The first-order valence-electron chi connectivity index (χ1n) is 7.61. The van der Waals surface area contributed by atoms with Gasteiger partial charge in [-0.25, -0.2) is 0 Å². The molecule has 4 heteroatoms. The number of likely N-dealkylation sites (N-methyl/N-ethyl adjacent to an activating group) is 1. The molecule has 1 unspecified atom stereocenters.